The van der Waals surface area contributed by atoms with Crippen LogP contribution in [0.5, 0.6) is 11.5 Å². The normalized spacial score (nSPS) is 16.5. The summed E-state index contributed by atoms with van der Waals surface area (Å²) in [5.74, 6) is 1.31. The van der Waals surface area contributed by atoms with Crippen LogP contribution in [0.15, 0.2) is 48.5 Å². The van der Waals surface area contributed by atoms with Crippen molar-refractivity contribution in [3.05, 3.63) is 59.7 Å². The molecule has 1 amide bonds. The first kappa shape index (κ1) is 19.5. The van der Waals surface area contributed by atoms with Crippen molar-refractivity contribution in [3.8, 4) is 11.5 Å². The molecule has 0 spiro atoms. The standard InChI is InChI=1S/C24H28N2O3/c1-26(20-8-3-2-4-9-20)16-19-7-5-6-10-21(19)25-24(27)14-12-18-11-13-22-23(15-18)29-17-28-22/h5-7,10-15,20H,2-4,8-9,16-17H2,1H3,(H,25,27). The van der Waals surface area contributed by atoms with Gasteiger partial charge in [-0.3, -0.25) is 9.69 Å². The van der Waals surface area contributed by atoms with Crippen molar-refractivity contribution < 1.29 is 14.3 Å². The molecule has 2 aromatic rings. The number of para-hydroxylation sites is 1. The molecule has 0 atom stereocenters. The minimum Gasteiger partial charge on any atom is -0.454 e. The van der Waals surface area contributed by atoms with E-state index in [4.69, 9.17) is 9.47 Å². The summed E-state index contributed by atoms with van der Waals surface area (Å²) in [7, 11) is 2.19. The third-order valence-electron chi connectivity index (χ3n) is 5.72. The van der Waals surface area contributed by atoms with Crippen LogP contribution in [0.25, 0.3) is 6.08 Å². The van der Waals surface area contributed by atoms with Crippen molar-refractivity contribution in [3.63, 3.8) is 0 Å². The number of amides is 1. The molecule has 1 saturated carbocycles. The van der Waals surface area contributed by atoms with Crippen LogP contribution in [0.4, 0.5) is 5.69 Å². The molecule has 0 unspecified atom stereocenters. The van der Waals surface area contributed by atoms with Crippen molar-refractivity contribution in [1.29, 1.82) is 0 Å². The van der Waals surface area contributed by atoms with E-state index in [1.54, 1.807) is 12.2 Å². The number of ether oxygens (including phenoxy) is 2. The number of fused-ring (bicyclic) bond motifs is 1. The zero-order valence-corrected chi connectivity index (χ0v) is 16.9. The minimum atomic E-state index is -0.143. The first-order valence-corrected chi connectivity index (χ1v) is 10.4. The predicted octanol–water partition coefficient (Wildman–Crippen LogP) is 4.83. The van der Waals surface area contributed by atoms with Gasteiger partial charge in [-0.2, -0.15) is 0 Å². The third kappa shape index (κ3) is 4.98. The Kier molecular flexibility index (Phi) is 6.15. The average molecular weight is 392 g/mol. The molecule has 1 aliphatic carbocycles. The Morgan fingerprint density at radius 1 is 1.10 bits per heavy atom. The monoisotopic (exact) mass is 392 g/mol. The molecule has 1 aliphatic heterocycles. The number of carbonyl (C=O) groups is 1. The van der Waals surface area contributed by atoms with Gasteiger partial charge in [-0.1, -0.05) is 43.5 Å². The van der Waals surface area contributed by atoms with E-state index in [2.05, 4.69) is 23.3 Å². The van der Waals surface area contributed by atoms with Gasteiger partial charge < -0.3 is 14.8 Å². The van der Waals surface area contributed by atoms with Crippen LogP contribution in [0.3, 0.4) is 0 Å². The van der Waals surface area contributed by atoms with Crippen LogP contribution in [-0.4, -0.2) is 30.7 Å². The quantitative estimate of drug-likeness (QED) is 0.715. The topological polar surface area (TPSA) is 50.8 Å². The fourth-order valence-electron chi connectivity index (χ4n) is 4.06. The molecule has 2 aromatic carbocycles. The summed E-state index contributed by atoms with van der Waals surface area (Å²) in [6.45, 7) is 1.09. The van der Waals surface area contributed by atoms with E-state index in [0.29, 0.717) is 11.8 Å². The number of hydrogen-bond acceptors (Lipinski definition) is 4. The Hall–Kier alpha value is -2.79. The van der Waals surface area contributed by atoms with E-state index in [1.165, 1.54) is 32.1 Å². The summed E-state index contributed by atoms with van der Waals surface area (Å²) in [5, 5.41) is 3.03. The van der Waals surface area contributed by atoms with Gasteiger partial charge in [0.1, 0.15) is 0 Å². The minimum absolute atomic E-state index is 0.143. The summed E-state index contributed by atoms with van der Waals surface area (Å²) >= 11 is 0. The molecular weight excluding hydrogens is 364 g/mol. The number of benzene rings is 2. The molecule has 0 bridgehead atoms. The van der Waals surface area contributed by atoms with Crippen LogP contribution < -0.4 is 14.8 Å². The molecule has 4 rings (SSSR count). The number of nitrogens with one attached hydrogen (secondary N) is 1. The lowest BCUT2D eigenvalue weighted by atomic mass is 9.94. The van der Waals surface area contributed by atoms with E-state index < -0.39 is 0 Å². The second kappa shape index (κ2) is 9.14. The van der Waals surface area contributed by atoms with Crippen molar-refractivity contribution in [2.45, 2.75) is 44.7 Å². The first-order valence-electron chi connectivity index (χ1n) is 10.4. The fourth-order valence-corrected chi connectivity index (χ4v) is 4.06. The number of rotatable bonds is 6. The maximum atomic E-state index is 12.5. The van der Waals surface area contributed by atoms with Crippen LogP contribution in [-0.2, 0) is 11.3 Å². The van der Waals surface area contributed by atoms with Crippen molar-refractivity contribution in [1.82, 2.24) is 4.90 Å². The molecule has 1 N–H and O–H groups in total. The molecule has 0 radical (unpaired) electrons. The molecule has 29 heavy (non-hydrogen) atoms. The Morgan fingerprint density at radius 2 is 1.90 bits per heavy atom. The van der Waals surface area contributed by atoms with E-state index in [1.807, 2.05) is 36.4 Å². The van der Waals surface area contributed by atoms with E-state index in [0.717, 1.165) is 29.1 Å². The lowest BCUT2D eigenvalue weighted by Crippen LogP contribution is -2.33. The molecular formula is C24H28N2O3. The van der Waals surface area contributed by atoms with Gasteiger partial charge in [0.2, 0.25) is 12.7 Å². The smallest absolute Gasteiger partial charge is 0.248 e. The Morgan fingerprint density at radius 3 is 2.76 bits per heavy atom. The van der Waals surface area contributed by atoms with Gasteiger partial charge in [-0.15, -0.1) is 0 Å². The highest BCUT2D eigenvalue weighted by atomic mass is 16.7. The first-order chi connectivity index (χ1) is 14.2. The fraction of sp³-hybridized carbons (Fsp3) is 0.375. The van der Waals surface area contributed by atoms with Crippen molar-refractivity contribution in [2.75, 3.05) is 19.2 Å². The van der Waals surface area contributed by atoms with Crippen molar-refractivity contribution in [2.24, 2.45) is 0 Å². The number of hydrogen-bond donors (Lipinski definition) is 1. The highest BCUT2D eigenvalue weighted by Gasteiger charge is 2.19. The maximum Gasteiger partial charge on any atom is 0.248 e. The summed E-state index contributed by atoms with van der Waals surface area (Å²) in [4.78, 5) is 14.9. The molecule has 1 heterocycles. The molecule has 2 aliphatic rings. The van der Waals surface area contributed by atoms with E-state index >= 15 is 0 Å². The number of carbonyl (C=O) groups excluding carboxylic acids is 1. The molecule has 5 heteroatoms. The van der Waals surface area contributed by atoms with Gasteiger partial charge >= 0.3 is 0 Å². The van der Waals surface area contributed by atoms with Gasteiger partial charge in [0.25, 0.3) is 0 Å². The zero-order chi connectivity index (χ0) is 20.1. The predicted molar refractivity (Wildman–Crippen MR) is 115 cm³/mol. The van der Waals surface area contributed by atoms with E-state index in [-0.39, 0.29) is 12.7 Å². The van der Waals surface area contributed by atoms with Crippen molar-refractivity contribution >= 4 is 17.7 Å². The number of nitrogens with zero attached hydrogens (tertiary/aromatic N) is 1. The number of anilines is 1. The maximum absolute atomic E-state index is 12.5. The van der Waals surface area contributed by atoms with Gasteiger partial charge in [-0.25, -0.2) is 0 Å². The molecule has 1 fully saturated rings. The highest BCUT2D eigenvalue weighted by Crippen LogP contribution is 2.32. The summed E-state index contributed by atoms with van der Waals surface area (Å²) in [6, 6.07) is 14.3. The second-order valence-electron chi connectivity index (χ2n) is 7.80. The summed E-state index contributed by atoms with van der Waals surface area (Å²) in [5.41, 5.74) is 2.91. The zero-order valence-electron chi connectivity index (χ0n) is 16.9. The molecule has 5 nitrogen and oxygen atoms in total. The van der Waals surface area contributed by atoms with Gasteiger partial charge in [0, 0.05) is 24.4 Å². The van der Waals surface area contributed by atoms with Crippen LogP contribution >= 0.6 is 0 Å². The van der Waals surface area contributed by atoms with Crippen LogP contribution in [0.1, 0.15) is 43.2 Å². The lowest BCUT2D eigenvalue weighted by molar-refractivity contribution is -0.111. The largest absolute Gasteiger partial charge is 0.454 e. The lowest BCUT2D eigenvalue weighted by Gasteiger charge is -2.31. The van der Waals surface area contributed by atoms with Crippen LogP contribution in [0.2, 0.25) is 0 Å². The van der Waals surface area contributed by atoms with Gasteiger partial charge in [-0.05, 0) is 55.3 Å². The van der Waals surface area contributed by atoms with Gasteiger partial charge in [0.05, 0.1) is 0 Å². The molecule has 0 aromatic heterocycles. The van der Waals surface area contributed by atoms with Crippen LogP contribution in [0, 0.1) is 0 Å². The Bertz CT molecular complexity index is 887. The van der Waals surface area contributed by atoms with E-state index in [9.17, 15) is 4.79 Å². The molecule has 152 valence electrons. The third-order valence-corrected chi connectivity index (χ3v) is 5.72. The highest BCUT2D eigenvalue weighted by molar-refractivity contribution is 6.02. The SMILES string of the molecule is CN(Cc1ccccc1NC(=O)C=Cc1ccc2c(c1)OCO2)C1CCCCC1. The second-order valence-corrected chi connectivity index (χ2v) is 7.80. The Labute approximate surface area is 172 Å². The molecule has 0 saturated heterocycles. The summed E-state index contributed by atoms with van der Waals surface area (Å²) < 4.78 is 10.7. The average Bonchev–Trinajstić information content (AvgIpc) is 3.22. The summed E-state index contributed by atoms with van der Waals surface area (Å²) in [6.07, 6.45) is 9.86. The van der Waals surface area contributed by atoms with Gasteiger partial charge in [0.15, 0.2) is 11.5 Å². The Balaban J connectivity index is 1.39.